The molecule has 3 aliphatic rings. The molecule has 0 saturated heterocycles. The zero-order valence-corrected chi connectivity index (χ0v) is 25.8. The molecule has 0 atom stereocenters. The maximum Gasteiger partial charge on any atom is 0.260 e. The van der Waals surface area contributed by atoms with Crippen LogP contribution in [0.15, 0.2) is 97.6 Å². The fourth-order valence-electron chi connectivity index (χ4n) is 6.91. The third-order valence-electron chi connectivity index (χ3n) is 9.08. The first-order chi connectivity index (χ1) is 21.4. The molecule has 0 unspecified atom stereocenters. The molecule has 7 heteroatoms. The highest BCUT2D eigenvalue weighted by Gasteiger charge is 2.40. The minimum Gasteiger partial charge on any atom is -0.458 e. The van der Waals surface area contributed by atoms with Gasteiger partial charge in [0.1, 0.15) is 23.0 Å². The number of ether oxygens (including phenoxy) is 2. The standard InChI is InChI=1S/C37H35BN4O2/c1-23(2)28-8-6-9-29(24(3)4)36(28)25-20-39-42(21-25)27-13-15-33-31(19-27)38-30-18-26(41-17-16-40(5)22-41)12-14-32(30)43-34-10-7-11-35(44-33)37(34)38/h6-21,23-24H,22H2,1-5H3. The van der Waals surface area contributed by atoms with Crippen molar-refractivity contribution in [3.05, 3.63) is 109 Å². The summed E-state index contributed by atoms with van der Waals surface area (Å²) in [5, 5.41) is 4.89. The summed E-state index contributed by atoms with van der Waals surface area (Å²) in [6.07, 6.45) is 8.40. The molecule has 0 saturated carbocycles. The molecule has 0 bridgehead atoms. The van der Waals surface area contributed by atoms with Crippen LogP contribution in [0.1, 0.15) is 50.7 Å². The average molecular weight is 579 g/mol. The predicted molar refractivity (Wildman–Crippen MR) is 179 cm³/mol. The lowest BCUT2D eigenvalue weighted by Crippen LogP contribution is -2.57. The molecular weight excluding hydrogens is 543 g/mol. The molecule has 0 radical (unpaired) electrons. The molecule has 0 fully saturated rings. The van der Waals surface area contributed by atoms with Crippen LogP contribution in [0, 0.1) is 0 Å². The van der Waals surface area contributed by atoms with E-state index in [1.54, 1.807) is 0 Å². The SMILES string of the molecule is CC(C)c1cccc(C(C)C)c1-c1cnn(-c2ccc3c(c2)B2c4cc(N5C=CN(C)C5)ccc4Oc4cccc(c42)O3)c1. The summed E-state index contributed by atoms with van der Waals surface area (Å²) in [6.45, 7) is 9.84. The molecule has 0 N–H and O–H groups in total. The van der Waals surface area contributed by atoms with Crippen molar-refractivity contribution >= 4 is 28.8 Å². The lowest BCUT2D eigenvalue weighted by Gasteiger charge is -2.33. The van der Waals surface area contributed by atoms with Crippen LogP contribution in [-0.2, 0) is 0 Å². The van der Waals surface area contributed by atoms with E-state index < -0.39 is 0 Å². The van der Waals surface area contributed by atoms with Crippen molar-refractivity contribution in [3.63, 3.8) is 0 Å². The first-order valence-corrected chi connectivity index (χ1v) is 15.5. The summed E-state index contributed by atoms with van der Waals surface area (Å²) in [5.41, 5.74) is 10.6. The molecule has 0 spiro atoms. The maximum atomic E-state index is 6.49. The van der Waals surface area contributed by atoms with E-state index in [0.29, 0.717) is 11.8 Å². The zero-order valence-electron chi connectivity index (χ0n) is 25.8. The Hall–Kier alpha value is -4.91. The largest absolute Gasteiger partial charge is 0.458 e. The highest BCUT2D eigenvalue weighted by Crippen LogP contribution is 2.38. The Bertz CT molecular complexity index is 1920. The summed E-state index contributed by atoms with van der Waals surface area (Å²) in [7, 11) is 2.09. The van der Waals surface area contributed by atoms with E-state index >= 15 is 0 Å². The van der Waals surface area contributed by atoms with Crippen molar-refractivity contribution in [2.45, 2.75) is 39.5 Å². The molecule has 4 heterocycles. The molecule has 8 rings (SSSR count). The second kappa shape index (κ2) is 10.1. The summed E-state index contributed by atoms with van der Waals surface area (Å²) in [6, 6.07) is 25.7. The lowest BCUT2D eigenvalue weighted by molar-refractivity contribution is 0.464. The normalized spacial score (nSPS) is 14.5. The van der Waals surface area contributed by atoms with Crippen LogP contribution in [0.5, 0.6) is 23.0 Å². The fourth-order valence-corrected chi connectivity index (χ4v) is 6.91. The van der Waals surface area contributed by atoms with Gasteiger partial charge in [0.2, 0.25) is 0 Å². The zero-order chi connectivity index (χ0) is 30.1. The van der Waals surface area contributed by atoms with Gasteiger partial charge in [-0.25, -0.2) is 4.68 Å². The average Bonchev–Trinajstić information content (AvgIpc) is 3.70. The molecule has 44 heavy (non-hydrogen) atoms. The minimum atomic E-state index is -0.0258. The molecule has 6 nitrogen and oxygen atoms in total. The number of fused-ring (bicyclic) bond motifs is 4. The van der Waals surface area contributed by atoms with Crippen molar-refractivity contribution in [2.24, 2.45) is 0 Å². The van der Waals surface area contributed by atoms with Crippen molar-refractivity contribution in [1.82, 2.24) is 14.7 Å². The van der Waals surface area contributed by atoms with Gasteiger partial charge in [0.25, 0.3) is 6.71 Å². The minimum absolute atomic E-state index is 0.0258. The van der Waals surface area contributed by atoms with Crippen molar-refractivity contribution in [2.75, 3.05) is 18.6 Å². The van der Waals surface area contributed by atoms with Crippen LogP contribution in [0.3, 0.4) is 0 Å². The third-order valence-corrected chi connectivity index (χ3v) is 9.08. The number of nitrogens with zero attached hydrogens (tertiary/aromatic N) is 4. The fraction of sp³-hybridized carbons (Fsp3) is 0.216. The van der Waals surface area contributed by atoms with Gasteiger partial charge < -0.3 is 19.3 Å². The Morgan fingerprint density at radius 2 is 1.34 bits per heavy atom. The third kappa shape index (κ3) is 4.21. The van der Waals surface area contributed by atoms with Gasteiger partial charge in [-0.3, -0.25) is 0 Å². The first kappa shape index (κ1) is 26.7. The lowest BCUT2D eigenvalue weighted by atomic mass is 9.35. The van der Waals surface area contributed by atoms with E-state index in [4.69, 9.17) is 14.6 Å². The smallest absolute Gasteiger partial charge is 0.260 e. The molecular formula is C37H35BN4O2. The molecule has 1 aromatic heterocycles. The van der Waals surface area contributed by atoms with E-state index in [1.807, 2.05) is 29.1 Å². The first-order valence-electron chi connectivity index (χ1n) is 15.5. The number of benzene rings is 4. The van der Waals surface area contributed by atoms with Crippen molar-refractivity contribution in [1.29, 1.82) is 0 Å². The van der Waals surface area contributed by atoms with Crippen LogP contribution in [0.4, 0.5) is 5.69 Å². The number of hydrogen-bond acceptors (Lipinski definition) is 5. The predicted octanol–water partition coefficient (Wildman–Crippen LogP) is 6.69. The van der Waals surface area contributed by atoms with Gasteiger partial charge in [-0.2, -0.15) is 5.10 Å². The Morgan fingerprint density at radius 3 is 1.95 bits per heavy atom. The topological polar surface area (TPSA) is 42.8 Å². The number of rotatable bonds is 5. The molecule has 0 aliphatic carbocycles. The summed E-state index contributed by atoms with van der Waals surface area (Å²) in [4.78, 5) is 4.42. The molecule has 218 valence electrons. The van der Waals surface area contributed by atoms with Gasteiger partial charge in [0.15, 0.2) is 0 Å². The molecule has 5 aromatic rings. The van der Waals surface area contributed by atoms with E-state index in [-0.39, 0.29) is 6.71 Å². The second-order valence-corrected chi connectivity index (χ2v) is 12.7. The van der Waals surface area contributed by atoms with Gasteiger partial charge >= 0.3 is 0 Å². The second-order valence-electron chi connectivity index (χ2n) is 12.7. The van der Waals surface area contributed by atoms with Crippen LogP contribution in [0.25, 0.3) is 16.8 Å². The maximum absolute atomic E-state index is 6.49. The van der Waals surface area contributed by atoms with Crippen LogP contribution >= 0.6 is 0 Å². The number of anilines is 1. The number of aromatic nitrogens is 2. The molecule has 3 aliphatic heterocycles. The number of hydrogen-bond donors (Lipinski definition) is 0. The monoisotopic (exact) mass is 578 g/mol. The van der Waals surface area contributed by atoms with Crippen LogP contribution in [-0.4, -0.2) is 35.1 Å². The van der Waals surface area contributed by atoms with Crippen molar-refractivity contribution in [3.8, 4) is 39.8 Å². The van der Waals surface area contributed by atoms with Gasteiger partial charge in [-0.15, -0.1) is 0 Å². The highest BCUT2D eigenvalue weighted by atomic mass is 16.5. The molecule has 0 amide bonds. The summed E-state index contributed by atoms with van der Waals surface area (Å²) >= 11 is 0. The Labute approximate surface area is 259 Å². The van der Waals surface area contributed by atoms with E-state index in [9.17, 15) is 0 Å². The van der Waals surface area contributed by atoms with Gasteiger partial charge in [0.05, 0.1) is 18.6 Å². The van der Waals surface area contributed by atoms with Crippen LogP contribution in [0.2, 0.25) is 0 Å². The summed E-state index contributed by atoms with van der Waals surface area (Å²) in [5.74, 6) is 4.26. The van der Waals surface area contributed by atoms with E-state index in [1.165, 1.54) is 16.7 Å². The van der Waals surface area contributed by atoms with E-state index in [0.717, 1.165) is 63.0 Å². The quantitative estimate of drug-likeness (QED) is 0.213. The van der Waals surface area contributed by atoms with Crippen LogP contribution < -0.4 is 30.8 Å². The Balaban J connectivity index is 1.24. The Morgan fingerprint density at radius 1 is 0.727 bits per heavy atom. The molecule has 4 aromatic carbocycles. The summed E-state index contributed by atoms with van der Waals surface area (Å²) < 4.78 is 15.0. The van der Waals surface area contributed by atoms with Gasteiger partial charge in [0, 0.05) is 42.4 Å². The highest BCUT2D eigenvalue weighted by molar-refractivity contribution is 6.98. The van der Waals surface area contributed by atoms with Crippen molar-refractivity contribution < 1.29 is 9.47 Å². The van der Waals surface area contributed by atoms with Gasteiger partial charge in [-0.05, 0) is 88.0 Å². The van der Waals surface area contributed by atoms with E-state index in [2.05, 4.69) is 118 Å². The Kier molecular flexibility index (Phi) is 6.12. The van der Waals surface area contributed by atoms with Gasteiger partial charge in [-0.1, -0.05) is 52.0 Å².